The molecule has 1 saturated heterocycles. The zero-order valence-corrected chi connectivity index (χ0v) is 19.1. The monoisotopic (exact) mass is 484 g/mol. The van der Waals surface area contributed by atoms with Gasteiger partial charge in [0.2, 0.25) is 11.0 Å². The van der Waals surface area contributed by atoms with E-state index in [0.29, 0.717) is 30.5 Å². The predicted molar refractivity (Wildman–Crippen MR) is 127 cm³/mol. The maximum atomic E-state index is 12.8. The SMILES string of the molecule is O=C(CSc1nnc(N2CCN(C(=O)c3ccccc3[N+](=O)[O-])CC2)s1)Nc1ccccc1. The van der Waals surface area contributed by atoms with E-state index >= 15 is 0 Å². The zero-order valence-electron chi connectivity index (χ0n) is 17.4. The Bertz CT molecular complexity index is 1150. The molecule has 1 aromatic heterocycles. The van der Waals surface area contributed by atoms with Gasteiger partial charge in [0.05, 0.1) is 10.7 Å². The Balaban J connectivity index is 1.29. The molecule has 2 aromatic carbocycles. The van der Waals surface area contributed by atoms with Crippen molar-refractivity contribution in [1.82, 2.24) is 15.1 Å². The van der Waals surface area contributed by atoms with Crippen molar-refractivity contribution < 1.29 is 14.5 Å². The number of hydrogen-bond donors (Lipinski definition) is 1. The largest absolute Gasteiger partial charge is 0.343 e. The Morgan fingerprint density at radius 1 is 1.03 bits per heavy atom. The van der Waals surface area contributed by atoms with Crippen LogP contribution < -0.4 is 10.2 Å². The molecule has 2 amide bonds. The van der Waals surface area contributed by atoms with Crippen LogP contribution in [0.5, 0.6) is 0 Å². The van der Waals surface area contributed by atoms with Crippen molar-refractivity contribution in [3.05, 3.63) is 70.3 Å². The molecule has 3 aromatic rings. The van der Waals surface area contributed by atoms with Gasteiger partial charge in [-0.05, 0) is 18.2 Å². The number of nitro groups is 1. The molecule has 1 aliphatic heterocycles. The average Bonchev–Trinajstić information content (AvgIpc) is 3.32. The molecule has 170 valence electrons. The molecule has 0 radical (unpaired) electrons. The van der Waals surface area contributed by atoms with E-state index in [2.05, 4.69) is 15.5 Å². The van der Waals surface area contributed by atoms with Crippen LogP contribution in [0, 0.1) is 10.1 Å². The van der Waals surface area contributed by atoms with Crippen molar-refractivity contribution in [3.8, 4) is 0 Å². The van der Waals surface area contributed by atoms with E-state index in [1.54, 1.807) is 17.0 Å². The van der Waals surface area contributed by atoms with Gasteiger partial charge in [-0.3, -0.25) is 19.7 Å². The predicted octanol–water partition coefficient (Wildman–Crippen LogP) is 3.14. The van der Waals surface area contributed by atoms with Gasteiger partial charge in [-0.2, -0.15) is 0 Å². The highest BCUT2D eigenvalue weighted by molar-refractivity contribution is 8.01. The number of piperazine rings is 1. The second kappa shape index (κ2) is 10.4. The molecule has 0 saturated carbocycles. The molecule has 33 heavy (non-hydrogen) atoms. The molecular formula is C21H20N6O4S2. The van der Waals surface area contributed by atoms with Gasteiger partial charge in [0, 0.05) is 37.9 Å². The number of thioether (sulfide) groups is 1. The maximum Gasteiger partial charge on any atom is 0.282 e. The zero-order chi connectivity index (χ0) is 23.2. The summed E-state index contributed by atoms with van der Waals surface area (Å²) < 4.78 is 0.687. The Morgan fingerprint density at radius 3 is 2.45 bits per heavy atom. The number of rotatable bonds is 7. The van der Waals surface area contributed by atoms with Crippen molar-refractivity contribution >= 4 is 51.4 Å². The van der Waals surface area contributed by atoms with Crippen LogP contribution in [-0.4, -0.2) is 63.8 Å². The van der Waals surface area contributed by atoms with Gasteiger partial charge < -0.3 is 15.1 Å². The van der Waals surface area contributed by atoms with Crippen LogP contribution in [0.3, 0.4) is 0 Å². The molecule has 0 aliphatic carbocycles. The summed E-state index contributed by atoms with van der Waals surface area (Å²) >= 11 is 2.71. The van der Waals surface area contributed by atoms with Crippen LogP contribution in [0.25, 0.3) is 0 Å². The molecule has 12 heteroatoms. The smallest absolute Gasteiger partial charge is 0.282 e. The summed E-state index contributed by atoms with van der Waals surface area (Å²) in [6, 6.07) is 15.2. The lowest BCUT2D eigenvalue weighted by Crippen LogP contribution is -2.48. The highest BCUT2D eigenvalue weighted by Crippen LogP contribution is 2.29. The van der Waals surface area contributed by atoms with Gasteiger partial charge >= 0.3 is 0 Å². The average molecular weight is 485 g/mol. The number of benzene rings is 2. The van der Waals surface area contributed by atoms with Crippen LogP contribution in [0.15, 0.2) is 58.9 Å². The van der Waals surface area contributed by atoms with E-state index < -0.39 is 4.92 Å². The van der Waals surface area contributed by atoms with Crippen LogP contribution >= 0.6 is 23.1 Å². The number of para-hydroxylation sites is 2. The number of carbonyl (C=O) groups excluding carboxylic acids is 2. The van der Waals surface area contributed by atoms with E-state index in [0.717, 1.165) is 10.8 Å². The molecule has 0 spiro atoms. The maximum absolute atomic E-state index is 12.8. The van der Waals surface area contributed by atoms with Crippen molar-refractivity contribution in [2.45, 2.75) is 4.34 Å². The first-order chi connectivity index (χ1) is 16.0. The molecule has 10 nitrogen and oxygen atoms in total. The summed E-state index contributed by atoms with van der Waals surface area (Å²) in [5.41, 5.74) is 0.653. The number of aromatic nitrogens is 2. The Labute approximate surface area is 197 Å². The number of nitrogens with one attached hydrogen (secondary N) is 1. The Hall–Kier alpha value is -3.51. The molecule has 2 heterocycles. The van der Waals surface area contributed by atoms with Crippen molar-refractivity contribution in [2.75, 3.05) is 42.1 Å². The Morgan fingerprint density at radius 2 is 1.73 bits per heavy atom. The van der Waals surface area contributed by atoms with Gasteiger partial charge in [0.1, 0.15) is 5.56 Å². The highest BCUT2D eigenvalue weighted by Gasteiger charge is 2.28. The van der Waals surface area contributed by atoms with Gasteiger partial charge in [0.25, 0.3) is 11.6 Å². The number of amides is 2. The van der Waals surface area contributed by atoms with Gasteiger partial charge in [-0.15, -0.1) is 10.2 Å². The lowest BCUT2D eigenvalue weighted by atomic mass is 10.1. The summed E-state index contributed by atoms with van der Waals surface area (Å²) in [4.78, 5) is 39.2. The fraction of sp³-hybridized carbons (Fsp3) is 0.238. The standard InChI is InChI=1S/C21H20N6O4S2/c28-18(22-15-6-2-1-3-7-15)14-32-21-24-23-20(33-21)26-12-10-25(11-13-26)19(29)16-8-4-5-9-17(16)27(30)31/h1-9H,10-14H2,(H,22,28). The summed E-state index contributed by atoms with van der Waals surface area (Å²) in [7, 11) is 0. The number of nitrogens with zero attached hydrogens (tertiary/aromatic N) is 5. The third-order valence-corrected chi connectivity index (χ3v) is 7.07. The second-order valence-corrected chi connectivity index (χ2v) is 9.29. The van der Waals surface area contributed by atoms with Crippen LogP contribution in [0.4, 0.5) is 16.5 Å². The van der Waals surface area contributed by atoms with E-state index in [9.17, 15) is 19.7 Å². The van der Waals surface area contributed by atoms with Gasteiger partial charge in [0.15, 0.2) is 4.34 Å². The second-order valence-electron chi connectivity index (χ2n) is 7.11. The third kappa shape index (κ3) is 5.65. The van der Waals surface area contributed by atoms with Crippen molar-refractivity contribution in [2.24, 2.45) is 0 Å². The summed E-state index contributed by atoms with van der Waals surface area (Å²) in [6.45, 7) is 1.93. The molecule has 1 aliphatic rings. The lowest BCUT2D eigenvalue weighted by molar-refractivity contribution is -0.385. The third-order valence-electron chi connectivity index (χ3n) is 4.95. The first kappa shape index (κ1) is 22.7. The first-order valence-corrected chi connectivity index (χ1v) is 11.9. The molecule has 0 atom stereocenters. The minimum absolute atomic E-state index is 0.0966. The molecule has 0 unspecified atom stereocenters. The van der Waals surface area contributed by atoms with Gasteiger partial charge in [-0.1, -0.05) is 53.4 Å². The van der Waals surface area contributed by atoms with Crippen LogP contribution in [-0.2, 0) is 4.79 Å². The topological polar surface area (TPSA) is 122 Å². The lowest BCUT2D eigenvalue weighted by Gasteiger charge is -2.34. The number of carbonyl (C=O) groups is 2. The minimum atomic E-state index is -0.538. The van der Waals surface area contributed by atoms with Crippen LogP contribution in [0.1, 0.15) is 10.4 Å². The highest BCUT2D eigenvalue weighted by atomic mass is 32.2. The van der Waals surface area contributed by atoms with E-state index in [1.165, 1.54) is 35.2 Å². The molecular weight excluding hydrogens is 464 g/mol. The number of hydrogen-bond acceptors (Lipinski definition) is 9. The number of anilines is 2. The summed E-state index contributed by atoms with van der Waals surface area (Å²) in [6.07, 6.45) is 0. The normalized spacial score (nSPS) is 13.6. The van der Waals surface area contributed by atoms with Crippen molar-refractivity contribution in [3.63, 3.8) is 0 Å². The van der Waals surface area contributed by atoms with Crippen LogP contribution in [0.2, 0.25) is 0 Å². The quantitative estimate of drug-likeness (QED) is 0.308. The fourth-order valence-corrected chi connectivity index (χ4v) is 5.01. The summed E-state index contributed by atoms with van der Waals surface area (Å²) in [5, 5.41) is 23.1. The Kier molecular flexibility index (Phi) is 7.15. The molecule has 1 N–H and O–H groups in total. The van der Waals surface area contributed by atoms with Gasteiger partial charge in [-0.25, -0.2) is 0 Å². The minimum Gasteiger partial charge on any atom is -0.343 e. The first-order valence-electron chi connectivity index (χ1n) is 10.1. The molecule has 0 bridgehead atoms. The fourth-order valence-electron chi connectivity index (χ4n) is 3.32. The van der Waals surface area contributed by atoms with E-state index in [4.69, 9.17) is 0 Å². The van der Waals surface area contributed by atoms with E-state index in [-0.39, 0.29) is 28.8 Å². The molecule has 1 fully saturated rings. The molecule has 4 rings (SSSR count). The van der Waals surface area contributed by atoms with E-state index in [1.807, 2.05) is 35.2 Å². The summed E-state index contributed by atoms with van der Waals surface area (Å²) in [5.74, 6) is -0.244. The van der Waals surface area contributed by atoms with Crippen molar-refractivity contribution in [1.29, 1.82) is 0 Å². The number of nitro benzene ring substituents is 1.